The first-order chi connectivity index (χ1) is 34.1. The Morgan fingerprint density at radius 1 is 0.845 bits per heavy atom. The molecule has 0 aliphatic carbocycles. The van der Waals surface area contributed by atoms with Gasteiger partial charge in [-0.15, -0.1) is 0 Å². The van der Waals surface area contributed by atoms with Crippen LogP contribution >= 0.6 is 23.2 Å². The number of nitrogens with one attached hydrogen (secondary N) is 3. The van der Waals surface area contributed by atoms with Crippen molar-refractivity contribution in [2.75, 3.05) is 31.7 Å². The second kappa shape index (κ2) is 21.3. The molecule has 3 aliphatic heterocycles. The molecule has 5 aromatic rings. The number of hydrogen-bond acceptors (Lipinski definition) is 12. The normalized spacial score (nSPS) is 16.4. The molecule has 1 fully saturated rings. The average Bonchev–Trinajstić information content (AvgIpc) is 3.96. The smallest absolute Gasteiger partial charge is 0.279 e. The number of imidazole rings is 1. The summed E-state index contributed by atoms with van der Waals surface area (Å²) >= 11 is 12.7. The summed E-state index contributed by atoms with van der Waals surface area (Å²) in [7, 11) is 3.02. The molecule has 3 aromatic heterocycles. The van der Waals surface area contributed by atoms with Gasteiger partial charge in [0.15, 0.2) is 12.3 Å². The van der Waals surface area contributed by atoms with Crippen molar-refractivity contribution in [3.63, 3.8) is 0 Å². The van der Waals surface area contributed by atoms with Crippen molar-refractivity contribution in [2.24, 2.45) is 7.05 Å². The highest BCUT2D eigenvalue weighted by atomic mass is 35.5. The number of anilines is 1. The number of amides is 7. The van der Waals surface area contributed by atoms with Crippen LogP contribution in [0.2, 0.25) is 10.0 Å². The fraction of sp³-hybridized carbons (Fsp3) is 0.360. The quantitative estimate of drug-likeness (QED) is 0.0643. The number of carbonyl (C=O) groups excluding carboxylic acids is 7. The number of benzene rings is 2. The summed E-state index contributed by atoms with van der Waals surface area (Å²) in [5.74, 6) is -3.23. The Morgan fingerprint density at radius 2 is 1.55 bits per heavy atom. The highest BCUT2D eigenvalue weighted by Gasteiger charge is 2.47. The SMILES string of the molecule is COc1ncc(C(=O)NCCCCCCCCNC(=O)COc2cccc3c2C(=O)N(C2CCC(=O)NC2=O)C3=O)cc1-c1nc2c(n1C(C)C)[C@H](c1ccc(Cl)cc1)N(c1cc(Cl)cn(C)c1=O)C2=O. The molecule has 71 heavy (non-hydrogen) atoms. The molecule has 1 saturated heterocycles. The highest BCUT2D eigenvalue weighted by molar-refractivity contribution is 6.31. The van der Waals surface area contributed by atoms with Crippen LogP contribution in [-0.4, -0.2) is 98.2 Å². The zero-order valence-electron chi connectivity index (χ0n) is 39.4. The predicted octanol–water partition coefficient (Wildman–Crippen LogP) is 5.96. The minimum absolute atomic E-state index is 0.00132. The van der Waals surface area contributed by atoms with Crippen molar-refractivity contribution in [3.05, 3.63) is 121 Å². The highest BCUT2D eigenvalue weighted by Crippen LogP contribution is 2.45. The summed E-state index contributed by atoms with van der Waals surface area (Å²) in [6.45, 7) is 4.33. The first-order valence-electron chi connectivity index (χ1n) is 23.2. The number of halogens is 2. The van der Waals surface area contributed by atoms with Gasteiger partial charge in [0.2, 0.25) is 17.7 Å². The molecule has 8 rings (SSSR count). The van der Waals surface area contributed by atoms with E-state index >= 15 is 0 Å². The lowest BCUT2D eigenvalue weighted by atomic mass is 10.0. The molecule has 19 nitrogen and oxygen atoms in total. The molecule has 2 atom stereocenters. The van der Waals surface area contributed by atoms with Gasteiger partial charge in [0.25, 0.3) is 35.1 Å². The van der Waals surface area contributed by atoms with Crippen LogP contribution < -0.4 is 35.9 Å². The average molecular weight is 1010 g/mol. The van der Waals surface area contributed by atoms with Crippen molar-refractivity contribution >= 4 is 70.2 Å². The summed E-state index contributed by atoms with van der Waals surface area (Å²) in [5.41, 5.74) is 1.70. The van der Waals surface area contributed by atoms with Gasteiger partial charge >= 0.3 is 0 Å². The second-order valence-electron chi connectivity index (χ2n) is 17.6. The molecular formula is C50H51Cl2N9O10. The molecule has 21 heteroatoms. The van der Waals surface area contributed by atoms with Crippen LogP contribution in [0.15, 0.2) is 71.8 Å². The van der Waals surface area contributed by atoms with E-state index < -0.39 is 53.1 Å². The Morgan fingerprint density at radius 3 is 2.24 bits per heavy atom. The number of carbonyl (C=O) groups is 7. The number of methoxy groups -OCH3 is 1. The minimum Gasteiger partial charge on any atom is -0.483 e. The number of fused-ring (bicyclic) bond motifs is 2. The number of aryl methyl sites for hydroxylation is 1. The van der Waals surface area contributed by atoms with Gasteiger partial charge in [-0.3, -0.25) is 53.5 Å². The largest absolute Gasteiger partial charge is 0.483 e. The van der Waals surface area contributed by atoms with Crippen LogP contribution in [0.1, 0.15) is 130 Å². The number of pyridine rings is 2. The standard InChI is InChI=1S/C50H51Cl2N9O10/c1-27(2)59-42-40(50(69)60(35-23-31(52)25-58(3)48(35)67)41(42)28-14-16-30(51)17-15-28)57-43(59)33-22-29(24-55-46(33)70-4)44(64)54-21-10-8-6-5-7-9-20-53-38(63)26-71-36-13-11-12-32-39(36)49(68)61(47(32)66)34-18-19-37(62)56-45(34)65/h11-17,22-25,27,34,41H,5-10,18-21,26H2,1-4H3,(H,53,63)(H,54,64)(H,56,62,65)/t34?,41-/m0/s1. The number of hydrogen-bond donors (Lipinski definition) is 3. The van der Waals surface area contributed by atoms with Gasteiger partial charge in [-0.2, -0.15) is 0 Å². The van der Waals surface area contributed by atoms with E-state index in [0.29, 0.717) is 40.8 Å². The van der Waals surface area contributed by atoms with Crippen molar-refractivity contribution < 1.29 is 43.0 Å². The zero-order valence-corrected chi connectivity index (χ0v) is 40.9. The van der Waals surface area contributed by atoms with Crippen LogP contribution in [0.4, 0.5) is 5.69 Å². The molecule has 2 aromatic carbocycles. The molecule has 3 N–H and O–H groups in total. The second-order valence-corrected chi connectivity index (χ2v) is 18.5. The summed E-state index contributed by atoms with van der Waals surface area (Å²) in [4.78, 5) is 116. The minimum atomic E-state index is -1.12. The van der Waals surface area contributed by atoms with E-state index in [0.717, 1.165) is 43.4 Å². The molecule has 1 unspecified atom stereocenters. The molecule has 0 radical (unpaired) electrons. The Hall–Kier alpha value is -7.38. The van der Waals surface area contributed by atoms with Crippen LogP contribution in [0, 0.1) is 0 Å². The maximum atomic E-state index is 14.5. The first kappa shape index (κ1) is 50.0. The number of ether oxygens (including phenoxy) is 2. The monoisotopic (exact) mass is 1010 g/mol. The Kier molecular flexibility index (Phi) is 15.0. The van der Waals surface area contributed by atoms with Gasteiger partial charge in [0.05, 0.1) is 40.1 Å². The Balaban J connectivity index is 0.821. The number of aromatic nitrogens is 4. The van der Waals surface area contributed by atoms with E-state index in [4.69, 9.17) is 37.7 Å². The lowest BCUT2D eigenvalue weighted by Crippen LogP contribution is -2.54. The number of nitrogens with zero attached hydrogens (tertiary/aromatic N) is 6. The summed E-state index contributed by atoms with van der Waals surface area (Å²) < 4.78 is 14.6. The van der Waals surface area contributed by atoms with E-state index in [9.17, 15) is 38.4 Å². The van der Waals surface area contributed by atoms with E-state index in [1.807, 2.05) is 18.4 Å². The zero-order chi connectivity index (χ0) is 50.7. The van der Waals surface area contributed by atoms with Crippen molar-refractivity contribution in [1.82, 2.24) is 40.0 Å². The van der Waals surface area contributed by atoms with E-state index in [1.54, 1.807) is 37.4 Å². The maximum absolute atomic E-state index is 14.5. The molecule has 370 valence electrons. The van der Waals surface area contributed by atoms with E-state index in [-0.39, 0.29) is 76.1 Å². The number of imide groups is 2. The van der Waals surface area contributed by atoms with Gasteiger partial charge in [-0.25, -0.2) is 9.97 Å². The molecule has 0 spiro atoms. The fourth-order valence-corrected chi connectivity index (χ4v) is 9.52. The first-order valence-corrected chi connectivity index (χ1v) is 24.0. The lowest BCUT2D eigenvalue weighted by Gasteiger charge is -2.28. The van der Waals surface area contributed by atoms with Gasteiger partial charge in [0, 0.05) is 50.0 Å². The lowest BCUT2D eigenvalue weighted by molar-refractivity contribution is -0.136. The maximum Gasteiger partial charge on any atom is 0.279 e. The topological polar surface area (TPSA) is 233 Å². The molecule has 0 saturated carbocycles. The van der Waals surface area contributed by atoms with Crippen LogP contribution in [-0.2, 0) is 21.4 Å². The third kappa shape index (κ3) is 10.1. The molecule has 0 bridgehead atoms. The van der Waals surface area contributed by atoms with Crippen LogP contribution in [0.25, 0.3) is 11.4 Å². The molecular weight excluding hydrogens is 958 g/mol. The number of unbranched alkanes of at least 4 members (excludes halogenated alkanes) is 5. The Labute approximate surface area is 417 Å². The third-order valence-corrected chi connectivity index (χ3v) is 13.0. The third-order valence-electron chi connectivity index (χ3n) is 12.5. The number of piperidine rings is 1. The van der Waals surface area contributed by atoms with Crippen molar-refractivity contribution in [2.45, 2.75) is 83.3 Å². The van der Waals surface area contributed by atoms with Crippen LogP contribution in [0.3, 0.4) is 0 Å². The fourth-order valence-electron chi connectivity index (χ4n) is 9.14. The summed E-state index contributed by atoms with van der Waals surface area (Å²) in [5, 5.41) is 8.70. The van der Waals surface area contributed by atoms with Gasteiger partial charge in [-0.1, -0.05) is 67.1 Å². The van der Waals surface area contributed by atoms with Crippen molar-refractivity contribution in [3.8, 4) is 23.0 Å². The van der Waals surface area contributed by atoms with Gasteiger partial charge in [-0.05, 0) is 75.1 Å². The predicted molar refractivity (Wildman–Crippen MR) is 261 cm³/mol. The Bertz CT molecular complexity index is 3020. The van der Waals surface area contributed by atoms with Gasteiger partial charge in [0.1, 0.15) is 29.3 Å². The molecule has 7 amide bonds. The molecule has 3 aliphatic rings. The summed E-state index contributed by atoms with van der Waals surface area (Å²) in [6, 6.07) is 12.4. The van der Waals surface area contributed by atoms with E-state index in [2.05, 4.69) is 20.9 Å². The number of rotatable bonds is 19. The van der Waals surface area contributed by atoms with Gasteiger partial charge < -0.3 is 29.2 Å². The summed E-state index contributed by atoms with van der Waals surface area (Å²) in [6.07, 6.45) is 7.89. The van der Waals surface area contributed by atoms with Crippen molar-refractivity contribution in [1.29, 1.82) is 0 Å². The molecule has 6 heterocycles. The van der Waals surface area contributed by atoms with E-state index in [1.165, 1.54) is 53.2 Å². The van der Waals surface area contributed by atoms with Crippen LogP contribution in [0.5, 0.6) is 11.6 Å².